The van der Waals surface area contributed by atoms with Crippen LogP contribution in [0.2, 0.25) is 4.47 Å². The minimum absolute atomic E-state index is 0. The van der Waals surface area contributed by atoms with Crippen molar-refractivity contribution < 1.29 is 32.7 Å². The van der Waals surface area contributed by atoms with Crippen LogP contribution in [0.1, 0.15) is 13.8 Å². The summed E-state index contributed by atoms with van der Waals surface area (Å²) in [6.45, 7) is 4.00. The van der Waals surface area contributed by atoms with Gasteiger partial charge in [-0.1, -0.05) is 26.0 Å². The average molecular weight is 355 g/mol. The molecule has 7 heteroatoms. The zero-order valence-corrected chi connectivity index (χ0v) is 14.4. The SMILES string of the molecule is CC.Clc1nnc(-c2[c-]nn3ccccc23)s1.[Y]. The van der Waals surface area contributed by atoms with Gasteiger partial charge in [0.2, 0.25) is 0 Å². The van der Waals surface area contributed by atoms with Gasteiger partial charge in [0, 0.05) is 43.9 Å². The Balaban J connectivity index is 0.000000516. The van der Waals surface area contributed by atoms with Crippen molar-refractivity contribution in [1.82, 2.24) is 19.8 Å². The third kappa shape index (κ3) is 3.15. The third-order valence-corrected chi connectivity index (χ3v) is 3.02. The summed E-state index contributed by atoms with van der Waals surface area (Å²) in [6, 6.07) is 5.80. The first-order chi connectivity index (χ1) is 8.34. The maximum absolute atomic E-state index is 5.73. The molecule has 0 spiro atoms. The summed E-state index contributed by atoms with van der Waals surface area (Å²) >= 11 is 7.05. The van der Waals surface area contributed by atoms with E-state index in [-0.39, 0.29) is 32.7 Å². The monoisotopic (exact) mass is 354 g/mol. The first kappa shape index (κ1) is 15.7. The molecule has 18 heavy (non-hydrogen) atoms. The van der Waals surface area contributed by atoms with Crippen LogP contribution in [0, 0.1) is 6.20 Å². The number of hydrogen-bond donors (Lipinski definition) is 0. The zero-order chi connectivity index (χ0) is 12.3. The van der Waals surface area contributed by atoms with E-state index in [0.717, 1.165) is 16.1 Å². The Morgan fingerprint density at radius 3 is 2.72 bits per heavy atom. The molecule has 0 bridgehead atoms. The van der Waals surface area contributed by atoms with Gasteiger partial charge in [0.15, 0.2) is 4.47 Å². The molecule has 0 saturated carbocycles. The van der Waals surface area contributed by atoms with Gasteiger partial charge in [-0.05, 0) is 29.4 Å². The van der Waals surface area contributed by atoms with Gasteiger partial charge in [-0.3, -0.25) is 5.10 Å². The topological polar surface area (TPSA) is 43.1 Å². The van der Waals surface area contributed by atoms with Crippen LogP contribution in [0.25, 0.3) is 16.1 Å². The summed E-state index contributed by atoms with van der Waals surface area (Å²) in [5, 5.41) is 12.5. The Morgan fingerprint density at radius 2 is 2.06 bits per heavy atom. The second kappa shape index (κ2) is 7.29. The molecule has 3 rings (SSSR count). The van der Waals surface area contributed by atoms with Crippen molar-refractivity contribution in [2.24, 2.45) is 0 Å². The van der Waals surface area contributed by atoms with Crippen LogP contribution in [0.4, 0.5) is 0 Å². The maximum Gasteiger partial charge on any atom is 0.194 e. The Kier molecular flexibility index (Phi) is 6.36. The number of aromatic nitrogens is 4. The molecular formula is C11H10ClN4SY-. The Labute approximate surface area is 139 Å². The van der Waals surface area contributed by atoms with E-state index in [1.807, 2.05) is 38.2 Å². The number of fused-ring (bicyclic) bond motifs is 1. The molecule has 0 fully saturated rings. The van der Waals surface area contributed by atoms with Crippen molar-refractivity contribution in [3.63, 3.8) is 0 Å². The van der Waals surface area contributed by atoms with Crippen LogP contribution in [0.3, 0.4) is 0 Å². The number of pyridine rings is 1. The van der Waals surface area contributed by atoms with Gasteiger partial charge in [-0.15, -0.1) is 10.7 Å². The van der Waals surface area contributed by atoms with E-state index in [2.05, 4.69) is 21.5 Å². The van der Waals surface area contributed by atoms with Gasteiger partial charge in [-0.25, -0.2) is 5.10 Å². The molecule has 0 aliphatic rings. The second-order valence-corrected chi connectivity index (χ2v) is 4.44. The first-order valence-electron chi connectivity index (χ1n) is 5.19. The van der Waals surface area contributed by atoms with E-state index in [4.69, 9.17) is 11.6 Å². The van der Waals surface area contributed by atoms with Gasteiger partial charge in [0.1, 0.15) is 0 Å². The molecule has 0 saturated heterocycles. The molecule has 4 nitrogen and oxygen atoms in total. The van der Waals surface area contributed by atoms with E-state index in [9.17, 15) is 0 Å². The summed E-state index contributed by atoms with van der Waals surface area (Å²) in [5.41, 5.74) is 1.78. The van der Waals surface area contributed by atoms with Gasteiger partial charge in [-0.2, -0.15) is 11.3 Å². The predicted molar refractivity (Wildman–Crippen MR) is 69.3 cm³/mol. The molecule has 3 heterocycles. The third-order valence-electron chi connectivity index (χ3n) is 1.98. The Hall–Kier alpha value is -0.356. The van der Waals surface area contributed by atoms with Crippen molar-refractivity contribution >= 4 is 28.5 Å². The number of nitrogens with zero attached hydrogens (tertiary/aromatic N) is 4. The van der Waals surface area contributed by atoms with Crippen LogP contribution in [-0.4, -0.2) is 19.8 Å². The molecule has 3 aromatic heterocycles. The molecule has 0 unspecified atom stereocenters. The van der Waals surface area contributed by atoms with Crippen LogP contribution in [-0.2, 0) is 32.7 Å². The number of hydrogen-bond acceptors (Lipinski definition) is 4. The van der Waals surface area contributed by atoms with Crippen LogP contribution >= 0.6 is 22.9 Å². The van der Waals surface area contributed by atoms with Gasteiger partial charge in [0.25, 0.3) is 0 Å². The molecular weight excluding hydrogens is 345 g/mol. The van der Waals surface area contributed by atoms with E-state index in [0.29, 0.717) is 4.47 Å². The quantitative estimate of drug-likeness (QED) is 0.630. The molecule has 0 N–H and O–H groups in total. The van der Waals surface area contributed by atoms with E-state index >= 15 is 0 Å². The van der Waals surface area contributed by atoms with Gasteiger partial charge >= 0.3 is 0 Å². The fourth-order valence-electron chi connectivity index (χ4n) is 1.34. The molecule has 0 atom stereocenters. The van der Waals surface area contributed by atoms with Crippen LogP contribution in [0.15, 0.2) is 24.4 Å². The molecule has 0 aromatic carbocycles. The first-order valence-corrected chi connectivity index (χ1v) is 6.38. The van der Waals surface area contributed by atoms with Crippen molar-refractivity contribution in [2.75, 3.05) is 0 Å². The summed E-state index contributed by atoms with van der Waals surface area (Å²) in [7, 11) is 0. The maximum atomic E-state index is 5.73. The fraction of sp³-hybridized carbons (Fsp3) is 0.182. The second-order valence-electron chi connectivity index (χ2n) is 2.88. The van der Waals surface area contributed by atoms with Crippen molar-refractivity contribution in [1.29, 1.82) is 0 Å². The van der Waals surface area contributed by atoms with Crippen LogP contribution in [0.5, 0.6) is 0 Å². The molecule has 1 radical (unpaired) electrons. The zero-order valence-electron chi connectivity index (χ0n) is 9.96. The molecule has 3 aromatic rings. The molecule has 0 aliphatic carbocycles. The minimum atomic E-state index is 0. The molecule has 91 valence electrons. The Morgan fingerprint density at radius 1 is 1.28 bits per heavy atom. The number of rotatable bonds is 1. The van der Waals surface area contributed by atoms with Crippen molar-refractivity contribution in [3.8, 4) is 10.6 Å². The van der Waals surface area contributed by atoms with Gasteiger partial charge < -0.3 is 4.52 Å². The van der Waals surface area contributed by atoms with Crippen molar-refractivity contribution in [3.05, 3.63) is 35.1 Å². The summed E-state index contributed by atoms with van der Waals surface area (Å²) in [4.78, 5) is 0. The number of halogens is 1. The molecule has 0 aliphatic heterocycles. The summed E-state index contributed by atoms with van der Waals surface area (Å²) in [5.74, 6) is 0. The van der Waals surface area contributed by atoms with Gasteiger partial charge in [0.05, 0.1) is 0 Å². The smallest absolute Gasteiger partial charge is 0.194 e. The summed E-state index contributed by atoms with van der Waals surface area (Å²) < 4.78 is 2.17. The molecule has 0 amide bonds. The predicted octanol–water partition coefficient (Wildman–Crippen LogP) is 3.33. The standard InChI is InChI=1S/C9H4ClN4S.C2H6.Y/c10-9-13-12-8(15-9)6-5-11-14-4-2-1-3-7(6)14;1-2;/h1-4H;1-2H3;/q-1;;. The van der Waals surface area contributed by atoms with E-state index < -0.39 is 0 Å². The normalized spacial score (nSPS) is 9.50. The Bertz CT molecular complexity index is 622. The summed E-state index contributed by atoms with van der Waals surface area (Å²) in [6.07, 6.45) is 4.76. The van der Waals surface area contributed by atoms with E-state index in [1.165, 1.54) is 11.3 Å². The van der Waals surface area contributed by atoms with Crippen molar-refractivity contribution in [2.45, 2.75) is 13.8 Å². The van der Waals surface area contributed by atoms with Crippen LogP contribution < -0.4 is 0 Å². The average Bonchev–Trinajstić information content (AvgIpc) is 2.97. The minimum Gasteiger partial charge on any atom is -0.306 e. The van der Waals surface area contributed by atoms with E-state index in [1.54, 1.807) is 4.52 Å². The fourth-order valence-corrected chi connectivity index (χ4v) is 2.18. The largest absolute Gasteiger partial charge is 0.306 e.